The summed E-state index contributed by atoms with van der Waals surface area (Å²) < 4.78 is 0. The summed E-state index contributed by atoms with van der Waals surface area (Å²) in [5, 5.41) is 11.3. The SMILES string of the molecule is CC(C)CN1CC(C(=O)NCCCCCC(=O)O)CC1=O. The van der Waals surface area contributed by atoms with Gasteiger partial charge in [0, 0.05) is 32.5 Å². The molecule has 6 heteroatoms. The first-order valence-corrected chi connectivity index (χ1v) is 7.67. The molecule has 21 heavy (non-hydrogen) atoms. The molecule has 0 spiro atoms. The van der Waals surface area contributed by atoms with Crippen LogP contribution in [0.2, 0.25) is 0 Å². The zero-order chi connectivity index (χ0) is 15.8. The molecule has 120 valence electrons. The van der Waals surface area contributed by atoms with E-state index in [0.29, 0.717) is 38.4 Å². The number of unbranched alkanes of at least 4 members (excludes halogenated alkanes) is 2. The minimum absolute atomic E-state index is 0.0605. The Hall–Kier alpha value is -1.59. The lowest BCUT2D eigenvalue weighted by Gasteiger charge is -2.18. The van der Waals surface area contributed by atoms with Crippen LogP contribution in [-0.4, -0.2) is 47.4 Å². The fourth-order valence-corrected chi connectivity index (χ4v) is 2.50. The Morgan fingerprint density at radius 2 is 2.05 bits per heavy atom. The van der Waals surface area contributed by atoms with Crippen LogP contribution in [0.4, 0.5) is 0 Å². The van der Waals surface area contributed by atoms with Crippen molar-refractivity contribution in [3.8, 4) is 0 Å². The van der Waals surface area contributed by atoms with Crippen molar-refractivity contribution in [1.29, 1.82) is 0 Å². The summed E-state index contributed by atoms with van der Waals surface area (Å²) in [5.41, 5.74) is 0. The Labute approximate surface area is 125 Å². The van der Waals surface area contributed by atoms with Gasteiger partial charge >= 0.3 is 5.97 Å². The zero-order valence-corrected chi connectivity index (χ0v) is 12.9. The number of carbonyl (C=O) groups is 3. The van der Waals surface area contributed by atoms with E-state index in [1.54, 1.807) is 4.90 Å². The molecule has 0 saturated carbocycles. The average molecular weight is 298 g/mol. The van der Waals surface area contributed by atoms with Gasteiger partial charge in [-0.25, -0.2) is 0 Å². The Morgan fingerprint density at radius 1 is 1.33 bits per heavy atom. The largest absolute Gasteiger partial charge is 0.481 e. The average Bonchev–Trinajstić information content (AvgIpc) is 2.74. The highest BCUT2D eigenvalue weighted by Crippen LogP contribution is 2.19. The van der Waals surface area contributed by atoms with Gasteiger partial charge in [0.1, 0.15) is 0 Å². The highest BCUT2D eigenvalue weighted by molar-refractivity contribution is 5.89. The fraction of sp³-hybridized carbons (Fsp3) is 0.800. The number of likely N-dealkylation sites (tertiary alicyclic amines) is 1. The summed E-state index contributed by atoms with van der Waals surface area (Å²) in [6, 6.07) is 0. The molecule has 0 aromatic rings. The first-order chi connectivity index (χ1) is 9.90. The lowest BCUT2D eigenvalue weighted by atomic mass is 10.1. The van der Waals surface area contributed by atoms with Crippen molar-refractivity contribution in [2.24, 2.45) is 11.8 Å². The quantitative estimate of drug-likeness (QED) is 0.627. The molecular weight excluding hydrogens is 272 g/mol. The highest BCUT2D eigenvalue weighted by atomic mass is 16.4. The van der Waals surface area contributed by atoms with Gasteiger partial charge in [-0.2, -0.15) is 0 Å². The summed E-state index contributed by atoms with van der Waals surface area (Å²) in [7, 11) is 0. The molecule has 6 nitrogen and oxygen atoms in total. The Balaban J connectivity index is 2.18. The molecule has 0 bridgehead atoms. The van der Waals surface area contributed by atoms with E-state index < -0.39 is 5.97 Å². The summed E-state index contributed by atoms with van der Waals surface area (Å²) in [4.78, 5) is 35.9. The maximum atomic E-state index is 12.0. The molecule has 0 aromatic heterocycles. The molecule has 1 fully saturated rings. The number of hydrogen-bond acceptors (Lipinski definition) is 3. The predicted octanol–water partition coefficient (Wildman–Crippen LogP) is 1.25. The van der Waals surface area contributed by atoms with Crippen LogP contribution in [0.5, 0.6) is 0 Å². The molecule has 2 amide bonds. The zero-order valence-electron chi connectivity index (χ0n) is 12.9. The number of carbonyl (C=O) groups excluding carboxylic acids is 2. The molecule has 1 unspecified atom stereocenters. The van der Waals surface area contributed by atoms with Crippen molar-refractivity contribution >= 4 is 17.8 Å². The van der Waals surface area contributed by atoms with Gasteiger partial charge in [0.15, 0.2) is 0 Å². The molecule has 0 radical (unpaired) electrons. The molecule has 1 aliphatic rings. The first kappa shape index (κ1) is 17.5. The molecule has 1 heterocycles. The van der Waals surface area contributed by atoms with Gasteiger partial charge in [0.2, 0.25) is 11.8 Å². The maximum absolute atomic E-state index is 12.0. The predicted molar refractivity (Wildman–Crippen MR) is 78.6 cm³/mol. The van der Waals surface area contributed by atoms with Gasteiger partial charge in [0.25, 0.3) is 0 Å². The van der Waals surface area contributed by atoms with Gasteiger partial charge in [-0.3, -0.25) is 14.4 Å². The van der Waals surface area contributed by atoms with Crippen LogP contribution in [0, 0.1) is 11.8 Å². The molecule has 1 saturated heterocycles. The van der Waals surface area contributed by atoms with Gasteiger partial charge in [-0.1, -0.05) is 20.3 Å². The van der Waals surface area contributed by atoms with Crippen molar-refractivity contribution in [3.63, 3.8) is 0 Å². The van der Waals surface area contributed by atoms with E-state index in [1.807, 2.05) is 0 Å². The molecular formula is C15H26N2O4. The third-order valence-electron chi connectivity index (χ3n) is 3.54. The van der Waals surface area contributed by atoms with E-state index in [0.717, 1.165) is 12.8 Å². The first-order valence-electron chi connectivity index (χ1n) is 7.67. The standard InChI is InChI=1S/C15H26N2O4/c1-11(2)9-17-10-12(8-13(17)18)15(21)16-7-5-3-4-6-14(19)20/h11-12H,3-10H2,1-2H3,(H,16,21)(H,19,20). The second-order valence-corrected chi connectivity index (χ2v) is 6.09. The van der Waals surface area contributed by atoms with E-state index in [4.69, 9.17) is 5.11 Å². The van der Waals surface area contributed by atoms with Crippen LogP contribution in [0.25, 0.3) is 0 Å². The molecule has 2 N–H and O–H groups in total. The van der Waals surface area contributed by atoms with Crippen LogP contribution in [0.3, 0.4) is 0 Å². The number of rotatable bonds is 9. The van der Waals surface area contributed by atoms with Crippen molar-refractivity contribution < 1.29 is 19.5 Å². The smallest absolute Gasteiger partial charge is 0.303 e. The highest BCUT2D eigenvalue weighted by Gasteiger charge is 2.34. The number of nitrogens with one attached hydrogen (secondary N) is 1. The minimum atomic E-state index is -0.784. The third kappa shape index (κ3) is 6.60. The topological polar surface area (TPSA) is 86.7 Å². The Bertz CT molecular complexity index is 382. The van der Waals surface area contributed by atoms with E-state index in [2.05, 4.69) is 19.2 Å². The normalized spacial score (nSPS) is 18.3. The van der Waals surface area contributed by atoms with E-state index in [1.165, 1.54) is 0 Å². The molecule has 1 aliphatic heterocycles. The number of amides is 2. The maximum Gasteiger partial charge on any atom is 0.303 e. The molecule has 1 rings (SSSR count). The number of carboxylic acid groups (broad SMARTS) is 1. The van der Waals surface area contributed by atoms with Crippen LogP contribution < -0.4 is 5.32 Å². The van der Waals surface area contributed by atoms with Crippen molar-refractivity contribution in [2.45, 2.75) is 46.0 Å². The van der Waals surface area contributed by atoms with Crippen molar-refractivity contribution in [1.82, 2.24) is 10.2 Å². The van der Waals surface area contributed by atoms with Crippen LogP contribution >= 0.6 is 0 Å². The van der Waals surface area contributed by atoms with Crippen molar-refractivity contribution in [3.05, 3.63) is 0 Å². The summed E-state index contributed by atoms with van der Waals surface area (Å²) in [5.74, 6) is -0.618. The summed E-state index contributed by atoms with van der Waals surface area (Å²) in [6.07, 6.45) is 2.67. The van der Waals surface area contributed by atoms with Crippen LogP contribution in [0.15, 0.2) is 0 Å². The van der Waals surface area contributed by atoms with E-state index >= 15 is 0 Å². The Kier molecular flexibility index (Phi) is 7.19. The van der Waals surface area contributed by atoms with Crippen molar-refractivity contribution in [2.75, 3.05) is 19.6 Å². The lowest BCUT2D eigenvalue weighted by Crippen LogP contribution is -2.34. The lowest BCUT2D eigenvalue weighted by molar-refractivity contribution is -0.137. The number of aliphatic carboxylic acids is 1. The molecule has 1 atom stereocenters. The third-order valence-corrected chi connectivity index (χ3v) is 3.54. The Morgan fingerprint density at radius 3 is 2.67 bits per heavy atom. The number of nitrogens with zero attached hydrogens (tertiary/aromatic N) is 1. The second kappa shape index (κ2) is 8.64. The van der Waals surface area contributed by atoms with E-state index in [-0.39, 0.29) is 24.2 Å². The molecule has 0 aromatic carbocycles. The fourth-order valence-electron chi connectivity index (χ4n) is 2.50. The summed E-state index contributed by atoms with van der Waals surface area (Å²) in [6.45, 7) is 5.88. The van der Waals surface area contributed by atoms with E-state index in [9.17, 15) is 14.4 Å². The minimum Gasteiger partial charge on any atom is -0.481 e. The number of hydrogen-bond donors (Lipinski definition) is 2. The number of carboxylic acids is 1. The molecule has 0 aliphatic carbocycles. The second-order valence-electron chi connectivity index (χ2n) is 6.09. The van der Waals surface area contributed by atoms with Gasteiger partial charge in [-0.05, 0) is 18.8 Å². The van der Waals surface area contributed by atoms with Gasteiger partial charge in [0.05, 0.1) is 5.92 Å². The van der Waals surface area contributed by atoms with Crippen LogP contribution in [0.1, 0.15) is 46.0 Å². The summed E-state index contributed by atoms with van der Waals surface area (Å²) >= 11 is 0. The van der Waals surface area contributed by atoms with Gasteiger partial charge in [-0.15, -0.1) is 0 Å². The van der Waals surface area contributed by atoms with Crippen LogP contribution in [-0.2, 0) is 14.4 Å². The van der Waals surface area contributed by atoms with Gasteiger partial charge < -0.3 is 15.3 Å². The monoisotopic (exact) mass is 298 g/mol.